The van der Waals surface area contributed by atoms with Crippen LogP contribution in [-0.2, 0) is 6.42 Å². The molecule has 0 radical (unpaired) electrons. The maximum atomic E-state index is 13.2. The van der Waals surface area contributed by atoms with Crippen molar-refractivity contribution in [2.45, 2.75) is 34.1 Å². The highest BCUT2D eigenvalue weighted by molar-refractivity contribution is 5.96. The van der Waals surface area contributed by atoms with E-state index >= 15 is 0 Å². The number of fused-ring (bicyclic) bond motifs is 1. The summed E-state index contributed by atoms with van der Waals surface area (Å²) in [5.74, 6) is -1.61. The smallest absolute Gasteiger partial charge is 0.204 e. The van der Waals surface area contributed by atoms with Gasteiger partial charge in [-0.05, 0) is 31.7 Å². The summed E-state index contributed by atoms with van der Waals surface area (Å²) >= 11 is 0. The summed E-state index contributed by atoms with van der Waals surface area (Å²) < 4.78 is 5.86. The lowest BCUT2D eigenvalue weighted by molar-refractivity contribution is 0.101. The van der Waals surface area contributed by atoms with Crippen molar-refractivity contribution in [3.63, 3.8) is 0 Å². The number of carbonyl (C=O) groups excluding carboxylic acids is 1. The van der Waals surface area contributed by atoms with Gasteiger partial charge in [0, 0.05) is 11.1 Å². The van der Waals surface area contributed by atoms with Crippen LogP contribution in [-0.4, -0.2) is 21.1 Å². The maximum Gasteiger partial charge on any atom is 0.204 e. The molecule has 146 valence electrons. The molecule has 0 atom stereocenters. The first-order chi connectivity index (χ1) is 13.1. The van der Waals surface area contributed by atoms with E-state index < -0.39 is 22.7 Å². The monoisotopic (exact) mass is 382 g/mol. The summed E-state index contributed by atoms with van der Waals surface area (Å²) in [6.07, 6.45) is 0.352. The quantitative estimate of drug-likeness (QED) is 0.459. The van der Waals surface area contributed by atoms with Gasteiger partial charge < -0.3 is 19.7 Å². The third-order valence-electron chi connectivity index (χ3n) is 4.73. The van der Waals surface area contributed by atoms with Crippen LogP contribution < -0.4 is 5.43 Å². The second-order valence-corrected chi connectivity index (χ2v) is 7.32. The highest BCUT2D eigenvalue weighted by Gasteiger charge is 2.25. The zero-order valence-electron chi connectivity index (χ0n) is 16.2. The van der Waals surface area contributed by atoms with Crippen molar-refractivity contribution < 1.29 is 24.5 Å². The van der Waals surface area contributed by atoms with Gasteiger partial charge in [-0.25, -0.2) is 0 Å². The number of ketones is 1. The Morgan fingerprint density at radius 1 is 1.04 bits per heavy atom. The van der Waals surface area contributed by atoms with Gasteiger partial charge in [0.15, 0.2) is 17.3 Å². The fourth-order valence-corrected chi connectivity index (χ4v) is 3.36. The number of aryl methyl sites for hydroxylation is 1. The first kappa shape index (κ1) is 19.5. The van der Waals surface area contributed by atoms with E-state index in [0.717, 1.165) is 0 Å². The van der Waals surface area contributed by atoms with Crippen molar-refractivity contribution in [3.05, 3.63) is 51.4 Å². The Morgan fingerprint density at radius 2 is 1.64 bits per heavy atom. The summed E-state index contributed by atoms with van der Waals surface area (Å²) in [4.78, 5) is 24.7. The summed E-state index contributed by atoms with van der Waals surface area (Å²) in [6, 6.07) is 6.49. The second kappa shape index (κ2) is 7.03. The number of phenols is 3. The lowest BCUT2D eigenvalue weighted by Gasteiger charge is -2.15. The Bertz CT molecular complexity index is 1140. The molecule has 0 unspecified atom stereocenters. The molecule has 6 heteroatoms. The predicted octanol–water partition coefficient (Wildman–Crippen LogP) is 4.29. The minimum Gasteiger partial charge on any atom is -0.504 e. The Balaban J connectivity index is 2.36. The van der Waals surface area contributed by atoms with Gasteiger partial charge in [0.2, 0.25) is 11.2 Å². The summed E-state index contributed by atoms with van der Waals surface area (Å²) in [5.41, 5.74) is 1.07. The van der Waals surface area contributed by atoms with Gasteiger partial charge in [-0.15, -0.1) is 0 Å². The lowest BCUT2D eigenvalue weighted by atomic mass is 9.95. The van der Waals surface area contributed by atoms with Crippen LogP contribution >= 0.6 is 0 Å². The molecule has 2 aromatic carbocycles. The Hall–Kier alpha value is -3.28. The second-order valence-electron chi connectivity index (χ2n) is 7.32. The molecule has 3 rings (SSSR count). The van der Waals surface area contributed by atoms with E-state index in [2.05, 4.69) is 0 Å². The maximum absolute atomic E-state index is 13.2. The van der Waals surface area contributed by atoms with Crippen molar-refractivity contribution in [2.24, 2.45) is 5.92 Å². The molecule has 0 saturated carbocycles. The number of carbonyl (C=O) groups is 1. The average molecular weight is 382 g/mol. The molecule has 0 aliphatic heterocycles. The molecule has 0 amide bonds. The van der Waals surface area contributed by atoms with Crippen LogP contribution in [0.2, 0.25) is 0 Å². The van der Waals surface area contributed by atoms with E-state index in [1.54, 1.807) is 31.2 Å². The third kappa shape index (κ3) is 3.11. The number of rotatable bonds is 4. The summed E-state index contributed by atoms with van der Waals surface area (Å²) in [6.45, 7) is 6.92. The van der Waals surface area contributed by atoms with Crippen molar-refractivity contribution in [1.29, 1.82) is 0 Å². The number of Topliss-reactive ketones (excluding diaryl/α,β-unsaturated/α-hetero) is 1. The molecule has 0 aliphatic rings. The van der Waals surface area contributed by atoms with Crippen LogP contribution in [0.4, 0.5) is 0 Å². The largest absolute Gasteiger partial charge is 0.504 e. The standard InChI is InChI=1S/C22H22O6/c1-10(2)9-15-18(24)21(27)20(26)17-19(25)16(12(4)28-22(15)17)14-7-5-13(6-8-14)11(3)23/h5-8,10,24,26-27H,9H2,1-4H3. The first-order valence-corrected chi connectivity index (χ1v) is 8.98. The first-order valence-electron chi connectivity index (χ1n) is 8.98. The minimum absolute atomic E-state index is 0.0631. The number of hydrogen-bond donors (Lipinski definition) is 3. The molecule has 0 spiro atoms. The molecule has 0 fully saturated rings. The highest BCUT2D eigenvalue weighted by Crippen LogP contribution is 2.45. The van der Waals surface area contributed by atoms with Crippen LogP contribution in [0.25, 0.3) is 22.1 Å². The van der Waals surface area contributed by atoms with Gasteiger partial charge in [0.25, 0.3) is 0 Å². The fraction of sp³-hybridized carbons (Fsp3) is 0.273. The number of benzene rings is 2. The normalized spacial score (nSPS) is 11.3. The Morgan fingerprint density at radius 3 is 2.18 bits per heavy atom. The SMILES string of the molecule is CC(=O)c1ccc(-c2c(C)oc3c(CC(C)C)c(O)c(O)c(O)c3c2=O)cc1. The van der Waals surface area contributed by atoms with Crippen molar-refractivity contribution in [2.75, 3.05) is 0 Å². The molecule has 0 saturated heterocycles. The Kier molecular flexibility index (Phi) is 4.89. The van der Waals surface area contributed by atoms with Crippen molar-refractivity contribution in [3.8, 4) is 28.4 Å². The molecule has 3 N–H and O–H groups in total. The zero-order chi connectivity index (χ0) is 20.7. The van der Waals surface area contributed by atoms with Crippen LogP contribution in [0.5, 0.6) is 17.2 Å². The number of phenolic OH excluding ortho intramolecular Hbond substituents is 3. The van der Waals surface area contributed by atoms with Gasteiger partial charge in [0.05, 0.1) is 5.56 Å². The van der Waals surface area contributed by atoms with Gasteiger partial charge in [-0.3, -0.25) is 9.59 Å². The highest BCUT2D eigenvalue weighted by atomic mass is 16.3. The van der Waals surface area contributed by atoms with E-state index in [1.807, 2.05) is 13.8 Å². The summed E-state index contributed by atoms with van der Waals surface area (Å²) in [7, 11) is 0. The van der Waals surface area contributed by atoms with Crippen molar-refractivity contribution >= 4 is 16.8 Å². The molecule has 1 heterocycles. The van der Waals surface area contributed by atoms with Crippen LogP contribution in [0.1, 0.15) is 42.5 Å². The molecular formula is C22H22O6. The van der Waals surface area contributed by atoms with Gasteiger partial charge in [-0.2, -0.15) is 0 Å². The van der Waals surface area contributed by atoms with E-state index in [4.69, 9.17) is 4.42 Å². The molecule has 3 aromatic rings. The van der Waals surface area contributed by atoms with Crippen LogP contribution in [0.3, 0.4) is 0 Å². The van der Waals surface area contributed by atoms with Gasteiger partial charge in [-0.1, -0.05) is 38.1 Å². The lowest BCUT2D eigenvalue weighted by Crippen LogP contribution is -2.10. The molecule has 6 nitrogen and oxygen atoms in total. The van der Waals surface area contributed by atoms with E-state index in [1.165, 1.54) is 6.92 Å². The van der Waals surface area contributed by atoms with Gasteiger partial charge >= 0.3 is 0 Å². The molecule has 1 aromatic heterocycles. The van der Waals surface area contributed by atoms with Crippen molar-refractivity contribution in [1.82, 2.24) is 0 Å². The van der Waals surface area contributed by atoms with E-state index in [9.17, 15) is 24.9 Å². The topological polar surface area (TPSA) is 108 Å². The van der Waals surface area contributed by atoms with Crippen LogP contribution in [0, 0.1) is 12.8 Å². The van der Waals surface area contributed by atoms with E-state index in [0.29, 0.717) is 23.3 Å². The third-order valence-corrected chi connectivity index (χ3v) is 4.73. The van der Waals surface area contributed by atoms with Gasteiger partial charge in [0.1, 0.15) is 16.7 Å². The predicted molar refractivity (Wildman–Crippen MR) is 106 cm³/mol. The molecular weight excluding hydrogens is 360 g/mol. The number of hydrogen-bond acceptors (Lipinski definition) is 6. The molecule has 0 bridgehead atoms. The molecule has 0 aliphatic carbocycles. The Labute approximate surface area is 161 Å². The zero-order valence-corrected chi connectivity index (χ0v) is 16.2. The molecule has 28 heavy (non-hydrogen) atoms. The number of aromatic hydroxyl groups is 3. The summed E-state index contributed by atoms with van der Waals surface area (Å²) in [5, 5.41) is 30.6. The minimum atomic E-state index is -0.739. The average Bonchev–Trinajstić information content (AvgIpc) is 2.63. The van der Waals surface area contributed by atoms with E-state index in [-0.39, 0.29) is 33.8 Å². The van der Waals surface area contributed by atoms with Crippen LogP contribution in [0.15, 0.2) is 33.5 Å². The fourth-order valence-electron chi connectivity index (χ4n) is 3.36.